The predicted molar refractivity (Wildman–Crippen MR) is 110 cm³/mol. The molecule has 2 rings (SSSR count). The Bertz CT molecular complexity index is 900. The second kappa shape index (κ2) is 9.73. The average Bonchev–Trinajstić information content (AvgIpc) is 2.67. The van der Waals surface area contributed by atoms with E-state index in [1.165, 1.54) is 7.05 Å². The molecule has 2 N–H and O–H groups in total. The number of rotatable bonds is 7. The first-order valence-corrected chi connectivity index (χ1v) is 10.5. The Balaban J connectivity index is 2.18. The van der Waals surface area contributed by atoms with Crippen molar-refractivity contribution in [3.05, 3.63) is 64.7 Å². The molecular weight excluding hydrogens is 384 g/mol. The highest BCUT2D eigenvalue weighted by Gasteiger charge is 2.12. The summed E-state index contributed by atoms with van der Waals surface area (Å²) in [5.74, 6) is 0.722. The number of hydrogen-bond donors (Lipinski definition) is 2. The summed E-state index contributed by atoms with van der Waals surface area (Å²) >= 11 is 6.25. The van der Waals surface area contributed by atoms with Crippen LogP contribution >= 0.6 is 11.6 Å². The largest absolute Gasteiger partial charge is 0.357 e. The molecule has 0 radical (unpaired) electrons. The third kappa shape index (κ3) is 5.95. The third-order valence-corrected chi connectivity index (χ3v) is 5.73. The zero-order chi connectivity index (χ0) is 19.9. The smallest absolute Gasteiger partial charge is 0.240 e. The van der Waals surface area contributed by atoms with E-state index in [2.05, 4.69) is 15.0 Å². The molecule has 0 aliphatic carbocycles. The number of sulfonamides is 1. The highest BCUT2D eigenvalue weighted by Crippen LogP contribution is 2.17. The SMILES string of the molecule is CCNC(=NCc1cccc(S(=O)(=O)NC)c1)N(C)Cc1ccccc1Cl. The molecular formula is C19H25ClN4O2S. The van der Waals surface area contributed by atoms with Gasteiger partial charge in [0.05, 0.1) is 11.4 Å². The Hall–Kier alpha value is -2.09. The lowest BCUT2D eigenvalue weighted by molar-refractivity contribution is 0.477. The summed E-state index contributed by atoms with van der Waals surface area (Å²) in [6, 6.07) is 14.5. The normalized spacial score (nSPS) is 12.1. The molecule has 0 atom stereocenters. The molecule has 27 heavy (non-hydrogen) atoms. The first-order valence-electron chi connectivity index (χ1n) is 8.62. The van der Waals surface area contributed by atoms with Gasteiger partial charge in [0, 0.05) is 25.2 Å². The fourth-order valence-electron chi connectivity index (χ4n) is 2.52. The summed E-state index contributed by atoms with van der Waals surface area (Å²) in [5, 5.41) is 3.96. The van der Waals surface area contributed by atoms with Crippen LogP contribution in [0.2, 0.25) is 5.02 Å². The van der Waals surface area contributed by atoms with Crippen LogP contribution in [0.5, 0.6) is 0 Å². The minimum atomic E-state index is -3.47. The Morgan fingerprint density at radius 3 is 2.59 bits per heavy atom. The number of benzene rings is 2. The van der Waals surface area contributed by atoms with E-state index < -0.39 is 10.0 Å². The van der Waals surface area contributed by atoms with Gasteiger partial charge >= 0.3 is 0 Å². The van der Waals surface area contributed by atoms with Crippen molar-refractivity contribution in [1.29, 1.82) is 0 Å². The molecule has 2 aromatic carbocycles. The molecule has 0 saturated carbocycles. The molecule has 0 aromatic heterocycles. The summed E-state index contributed by atoms with van der Waals surface area (Å²) in [6.07, 6.45) is 0. The summed E-state index contributed by atoms with van der Waals surface area (Å²) in [7, 11) is -0.137. The molecule has 146 valence electrons. The maximum absolute atomic E-state index is 12.0. The number of nitrogens with zero attached hydrogens (tertiary/aromatic N) is 2. The van der Waals surface area contributed by atoms with Crippen LogP contribution in [0.25, 0.3) is 0 Å². The molecule has 0 bridgehead atoms. The van der Waals surface area contributed by atoms with Crippen molar-refractivity contribution in [3.8, 4) is 0 Å². The Morgan fingerprint density at radius 1 is 1.19 bits per heavy atom. The molecule has 0 aliphatic heterocycles. The maximum Gasteiger partial charge on any atom is 0.240 e. The minimum absolute atomic E-state index is 0.229. The molecule has 0 amide bonds. The quantitative estimate of drug-likeness (QED) is 0.545. The number of halogens is 1. The lowest BCUT2D eigenvalue weighted by atomic mass is 10.2. The minimum Gasteiger partial charge on any atom is -0.357 e. The van der Waals surface area contributed by atoms with Crippen LogP contribution in [-0.4, -0.2) is 39.9 Å². The van der Waals surface area contributed by atoms with Crippen LogP contribution in [0.1, 0.15) is 18.1 Å². The second-order valence-corrected chi connectivity index (χ2v) is 8.27. The number of aliphatic imine (C=N–C) groups is 1. The molecule has 6 nitrogen and oxygen atoms in total. The van der Waals surface area contributed by atoms with Crippen LogP contribution in [0.3, 0.4) is 0 Å². The van der Waals surface area contributed by atoms with Gasteiger partial charge in [-0.25, -0.2) is 18.1 Å². The number of hydrogen-bond acceptors (Lipinski definition) is 3. The van der Waals surface area contributed by atoms with Crippen molar-refractivity contribution in [1.82, 2.24) is 14.9 Å². The fourth-order valence-corrected chi connectivity index (χ4v) is 3.52. The van der Waals surface area contributed by atoms with E-state index in [4.69, 9.17) is 11.6 Å². The van der Waals surface area contributed by atoms with Crippen molar-refractivity contribution < 1.29 is 8.42 Å². The van der Waals surface area contributed by atoms with E-state index in [0.717, 1.165) is 23.6 Å². The van der Waals surface area contributed by atoms with Gasteiger partial charge < -0.3 is 10.2 Å². The summed E-state index contributed by atoms with van der Waals surface area (Å²) < 4.78 is 26.2. The lowest BCUT2D eigenvalue weighted by Gasteiger charge is -2.22. The molecule has 2 aromatic rings. The zero-order valence-corrected chi connectivity index (χ0v) is 17.3. The second-order valence-electron chi connectivity index (χ2n) is 5.97. The van der Waals surface area contributed by atoms with E-state index in [-0.39, 0.29) is 4.90 Å². The van der Waals surface area contributed by atoms with Crippen molar-refractivity contribution in [2.45, 2.75) is 24.9 Å². The van der Waals surface area contributed by atoms with Crippen LogP contribution in [0.15, 0.2) is 58.4 Å². The predicted octanol–water partition coefficient (Wildman–Crippen LogP) is 2.85. The molecule has 0 aliphatic rings. The van der Waals surface area contributed by atoms with E-state index in [1.807, 2.05) is 49.2 Å². The zero-order valence-electron chi connectivity index (χ0n) is 15.7. The van der Waals surface area contributed by atoms with Crippen molar-refractivity contribution in [2.75, 3.05) is 20.6 Å². The lowest BCUT2D eigenvalue weighted by Crippen LogP contribution is -2.38. The Labute approximate surface area is 166 Å². The monoisotopic (exact) mass is 408 g/mol. The van der Waals surface area contributed by atoms with Crippen LogP contribution < -0.4 is 10.0 Å². The number of guanidine groups is 1. The average molecular weight is 409 g/mol. The van der Waals surface area contributed by atoms with E-state index in [1.54, 1.807) is 18.2 Å². The van der Waals surface area contributed by atoms with Gasteiger partial charge in [-0.15, -0.1) is 0 Å². The molecule has 0 spiro atoms. The number of nitrogens with one attached hydrogen (secondary N) is 2. The first-order chi connectivity index (χ1) is 12.9. The van der Waals surface area contributed by atoms with Crippen molar-refractivity contribution >= 4 is 27.6 Å². The summed E-state index contributed by atoms with van der Waals surface area (Å²) in [5.41, 5.74) is 1.82. The molecule has 0 fully saturated rings. The van der Waals surface area contributed by atoms with Gasteiger partial charge in [-0.2, -0.15) is 0 Å². The van der Waals surface area contributed by atoms with Gasteiger partial charge in [0.25, 0.3) is 0 Å². The van der Waals surface area contributed by atoms with Gasteiger partial charge in [-0.05, 0) is 43.3 Å². The van der Waals surface area contributed by atoms with Crippen molar-refractivity contribution in [2.24, 2.45) is 4.99 Å². The Morgan fingerprint density at radius 2 is 1.93 bits per heavy atom. The fraction of sp³-hybridized carbons (Fsp3) is 0.316. The molecule has 8 heteroatoms. The van der Waals surface area contributed by atoms with E-state index in [9.17, 15) is 8.42 Å². The summed E-state index contributed by atoms with van der Waals surface area (Å²) in [6.45, 7) is 3.70. The Kier molecular flexibility index (Phi) is 7.65. The van der Waals surface area contributed by atoms with E-state index >= 15 is 0 Å². The molecule has 0 heterocycles. The molecule has 0 unspecified atom stereocenters. The van der Waals surface area contributed by atoms with Gasteiger partial charge in [0.2, 0.25) is 10.0 Å². The van der Waals surface area contributed by atoms with Gasteiger partial charge in [0.15, 0.2) is 5.96 Å². The standard InChI is InChI=1S/C19H25ClN4O2S/c1-4-22-19(24(3)14-16-9-5-6-11-18(16)20)23-13-15-8-7-10-17(12-15)27(25,26)21-2/h5-12,21H,4,13-14H2,1-3H3,(H,22,23). The highest BCUT2D eigenvalue weighted by molar-refractivity contribution is 7.89. The van der Waals surface area contributed by atoms with Crippen LogP contribution in [0.4, 0.5) is 0 Å². The van der Waals surface area contributed by atoms with Gasteiger partial charge in [-0.1, -0.05) is 41.9 Å². The van der Waals surface area contributed by atoms with Crippen LogP contribution in [0, 0.1) is 0 Å². The topological polar surface area (TPSA) is 73.8 Å². The van der Waals surface area contributed by atoms with Gasteiger partial charge in [0.1, 0.15) is 0 Å². The maximum atomic E-state index is 12.0. The van der Waals surface area contributed by atoms with Crippen LogP contribution in [-0.2, 0) is 23.1 Å². The first kappa shape index (κ1) is 21.2. The van der Waals surface area contributed by atoms with Crippen molar-refractivity contribution in [3.63, 3.8) is 0 Å². The highest BCUT2D eigenvalue weighted by atomic mass is 35.5. The van der Waals surface area contributed by atoms with E-state index in [0.29, 0.717) is 18.1 Å². The van der Waals surface area contributed by atoms with Gasteiger partial charge in [-0.3, -0.25) is 0 Å². The third-order valence-electron chi connectivity index (χ3n) is 3.95. The molecule has 0 saturated heterocycles. The summed E-state index contributed by atoms with van der Waals surface area (Å²) in [4.78, 5) is 6.85.